The van der Waals surface area contributed by atoms with Crippen LogP contribution in [0.5, 0.6) is 0 Å². The molecule has 0 unspecified atom stereocenters. The lowest BCUT2D eigenvalue weighted by molar-refractivity contribution is 0.487. The highest BCUT2D eigenvalue weighted by atomic mass is 32.1. The first kappa shape index (κ1) is 9.01. The Bertz CT molecular complexity index is 478. The third kappa shape index (κ3) is 1.69. The van der Waals surface area contributed by atoms with Crippen LogP contribution in [0.3, 0.4) is 0 Å². The first-order chi connectivity index (χ1) is 6.77. The molecule has 14 heavy (non-hydrogen) atoms. The van der Waals surface area contributed by atoms with Crippen molar-refractivity contribution in [1.82, 2.24) is 14.8 Å². The van der Waals surface area contributed by atoms with Crippen molar-refractivity contribution in [3.63, 3.8) is 0 Å². The molecular weight excluding hydrogens is 202 g/mol. The minimum absolute atomic E-state index is 0.221. The minimum Gasteiger partial charge on any atom is -0.469 e. The van der Waals surface area contributed by atoms with Crippen LogP contribution >= 0.6 is 12.2 Å². The Hall–Kier alpha value is -1.56. The maximum atomic E-state index is 11.2. The smallest absolute Gasteiger partial charge is 0.342 e. The van der Waals surface area contributed by atoms with Gasteiger partial charge < -0.3 is 4.42 Å². The minimum atomic E-state index is -0.221. The van der Waals surface area contributed by atoms with Crippen molar-refractivity contribution in [2.24, 2.45) is 0 Å². The maximum Gasteiger partial charge on any atom is 0.342 e. The Morgan fingerprint density at radius 1 is 1.50 bits per heavy atom. The summed E-state index contributed by atoms with van der Waals surface area (Å²) >= 11 is 4.91. The van der Waals surface area contributed by atoms with Gasteiger partial charge in [0.25, 0.3) is 0 Å². The Kier molecular flexibility index (Phi) is 2.36. The van der Waals surface area contributed by atoms with Gasteiger partial charge in [-0.1, -0.05) is 0 Å². The van der Waals surface area contributed by atoms with Crippen molar-refractivity contribution < 1.29 is 4.42 Å². The summed E-state index contributed by atoms with van der Waals surface area (Å²) in [6.07, 6.45) is 2.26. The third-order valence-electron chi connectivity index (χ3n) is 1.93. The zero-order valence-corrected chi connectivity index (χ0v) is 8.13. The molecule has 0 aliphatic carbocycles. The Balaban J connectivity index is 2.13. The Labute approximate surface area is 84.4 Å². The lowest BCUT2D eigenvalue weighted by Gasteiger charge is -1.96. The van der Waals surface area contributed by atoms with Gasteiger partial charge in [-0.15, -0.1) is 0 Å². The molecule has 0 saturated carbocycles. The van der Waals surface area contributed by atoms with Gasteiger partial charge in [0.05, 0.1) is 6.26 Å². The molecule has 0 fully saturated rings. The number of furan rings is 1. The van der Waals surface area contributed by atoms with Gasteiger partial charge in [0.2, 0.25) is 0 Å². The highest BCUT2D eigenvalue weighted by Gasteiger charge is 2.01. The van der Waals surface area contributed by atoms with E-state index in [9.17, 15) is 4.79 Å². The van der Waals surface area contributed by atoms with Crippen LogP contribution in [0.1, 0.15) is 5.76 Å². The van der Waals surface area contributed by atoms with Gasteiger partial charge in [0.15, 0.2) is 4.77 Å². The number of nitrogens with one attached hydrogen (secondary N) is 2. The van der Waals surface area contributed by atoms with Gasteiger partial charge in [-0.3, -0.25) is 9.67 Å². The molecule has 2 N–H and O–H groups in total. The van der Waals surface area contributed by atoms with E-state index in [4.69, 9.17) is 16.6 Å². The van der Waals surface area contributed by atoms with Gasteiger partial charge in [-0.25, -0.2) is 9.89 Å². The van der Waals surface area contributed by atoms with Crippen molar-refractivity contribution in [2.45, 2.75) is 13.0 Å². The monoisotopic (exact) mass is 211 g/mol. The van der Waals surface area contributed by atoms with Crippen LogP contribution in [0, 0.1) is 4.77 Å². The second kappa shape index (κ2) is 3.67. The molecule has 0 radical (unpaired) electrons. The summed E-state index contributed by atoms with van der Waals surface area (Å²) in [5, 5.41) is 4.99. The highest BCUT2D eigenvalue weighted by Crippen LogP contribution is 2.01. The summed E-state index contributed by atoms with van der Waals surface area (Å²) in [5.74, 6) is 0.840. The summed E-state index contributed by atoms with van der Waals surface area (Å²) in [4.78, 5) is 11.2. The molecule has 5 nitrogen and oxygen atoms in total. The molecule has 0 spiro atoms. The van der Waals surface area contributed by atoms with Crippen molar-refractivity contribution in [3.8, 4) is 0 Å². The molecule has 0 bridgehead atoms. The summed E-state index contributed by atoms with van der Waals surface area (Å²) in [5.41, 5.74) is -0.221. The fraction of sp³-hybridized carbons (Fsp3) is 0.250. The predicted molar refractivity (Wildman–Crippen MR) is 52.6 cm³/mol. The van der Waals surface area contributed by atoms with Crippen molar-refractivity contribution in [2.75, 3.05) is 0 Å². The molecule has 2 aromatic rings. The molecule has 6 heteroatoms. The second-order valence-electron chi connectivity index (χ2n) is 2.84. The SMILES string of the molecule is O=c1[nH][nH]c(=S)n1CCc1ccco1. The number of aryl methyl sites for hydroxylation is 1. The molecule has 0 aromatic carbocycles. The first-order valence-corrected chi connectivity index (χ1v) is 4.58. The number of H-pyrrole nitrogens is 2. The fourth-order valence-corrected chi connectivity index (χ4v) is 1.44. The number of aromatic amines is 2. The van der Waals surface area contributed by atoms with Crippen LogP contribution < -0.4 is 5.69 Å². The van der Waals surface area contributed by atoms with E-state index >= 15 is 0 Å². The van der Waals surface area contributed by atoms with E-state index in [0.29, 0.717) is 17.7 Å². The van der Waals surface area contributed by atoms with E-state index in [2.05, 4.69) is 10.2 Å². The molecule has 0 atom stereocenters. The zero-order valence-electron chi connectivity index (χ0n) is 7.32. The number of hydrogen-bond donors (Lipinski definition) is 2. The number of aromatic nitrogens is 3. The second-order valence-corrected chi connectivity index (χ2v) is 3.23. The van der Waals surface area contributed by atoms with Crippen LogP contribution in [0.15, 0.2) is 27.6 Å². The van der Waals surface area contributed by atoms with E-state index in [-0.39, 0.29) is 5.69 Å². The van der Waals surface area contributed by atoms with E-state index < -0.39 is 0 Å². The average Bonchev–Trinajstić information content (AvgIpc) is 2.76. The van der Waals surface area contributed by atoms with E-state index in [0.717, 1.165) is 5.76 Å². The molecule has 2 rings (SSSR count). The van der Waals surface area contributed by atoms with Gasteiger partial charge in [-0.2, -0.15) is 0 Å². The van der Waals surface area contributed by atoms with E-state index in [1.54, 1.807) is 6.26 Å². The summed E-state index contributed by atoms with van der Waals surface area (Å²) in [6.45, 7) is 0.519. The Morgan fingerprint density at radius 2 is 2.36 bits per heavy atom. The molecule has 0 amide bonds. The van der Waals surface area contributed by atoms with Gasteiger partial charge in [-0.05, 0) is 24.4 Å². The molecule has 2 heterocycles. The van der Waals surface area contributed by atoms with Crippen LogP contribution in [0.2, 0.25) is 0 Å². The number of nitrogens with zero attached hydrogens (tertiary/aromatic N) is 1. The van der Waals surface area contributed by atoms with Crippen molar-refractivity contribution in [1.29, 1.82) is 0 Å². The molecule has 0 saturated heterocycles. The lowest BCUT2D eigenvalue weighted by atomic mass is 10.3. The standard InChI is InChI=1S/C8H9N3O2S/c12-7-9-10-8(14)11(7)4-3-6-2-1-5-13-6/h1-2,5H,3-4H2,(H,9,12)(H,10,14). The highest BCUT2D eigenvalue weighted by molar-refractivity contribution is 7.71. The van der Waals surface area contributed by atoms with Crippen molar-refractivity contribution >= 4 is 12.2 Å². The predicted octanol–water partition coefficient (Wildman–Crippen LogP) is 1.07. The van der Waals surface area contributed by atoms with Gasteiger partial charge in [0, 0.05) is 13.0 Å². The van der Waals surface area contributed by atoms with Crippen LogP contribution in [0.25, 0.3) is 0 Å². The average molecular weight is 211 g/mol. The summed E-state index contributed by atoms with van der Waals surface area (Å²) in [7, 11) is 0. The molecule has 0 aliphatic heterocycles. The first-order valence-electron chi connectivity index (χ1n) is 4.17. The summed E-state index contributed by atoms with van der Waals surface area (Å²) in [6, 6.07) is 3.68. The Morgan fingerprint density at radius 3 is 2.93 bits per heavy atom. The molecule has 0 aliphatic rings. The summed E-state index contributed by atoms with van der Waals surface area (Å²) < 4.78 is 7.00. The van der Waals surface area contributed by atoms with E-state index in [1.807, 2.05) is 12.1 Å². The quantitative estimate of drug-likeness (QED) is 0.746. The van der Waals surface area contributed by atoms with Crippen LogP contribution in [0.4, 0.5) is 0 Å². The van der Waals surface area contributed by atoms with Gasteiger partial charge in [0.1, 0.15) is 5.76 Å². The normalized spacial score (nSPS) is 10.6. The lowest BCUT2D eigenvalue weighted by Crippen LogP contribution is -2.17. The topological polar surface area (TPSA) is 66.7 Å². The fourth-order valence-electron chi connectivity index (χ4n) is 1.21. The molecular formula is C8H9N3O2S. The van der Waals surface area contributed by atoms with Crippen LogP contribution in [-0.4, -0.2) is 14.8 Å². The molecule has 74 valence electrons. The number of rotatable bonds is 3. The van der Waals surface area contributed by atoms with E-state index in [1.165, 1.54) is 4.57 Å². The third-order valence-corrected chi connectivity index (χ3v) is 2.25. The maximum absolute atomic E-state index is 11.2. The van der Waals surface area contributed by atoms with Crippen molar-refractivity contribution in [3.05, 3.63) is 39.4 Å². The van der Waals surface area contributed by atoms with Crippen LogP contribution in [-0.2, 0) is 13.0 Å². The zero-order chi connectivity index (χ0) is 9.97. The largest absolute Gasteiger partial charge is 0.469 e. The molecule has 2 aromatic heterocycles. The number of hydrogen-bond acceptors (Lipinski definition) is 3. The van der Waals surface area contributed by atoms with Gasteiger partial charge >= 0.3 is 5.69 Å².